The number of carbonyl (C=O) groups is 1. The number of pyridine rings is 1. The smallest absolute Gasteiger partial charge is 0.335 e. The molecular formula is C29H31N5O7S. The summed E-state index contributed by atoms with van der Waals surface area (Å²) in [6.07, 6.45) is 5.13. The molecule has 0 bridgehead atoms. The molecular weight excluding hydrogens is 562 g/mol. The van der Waals surface area contributed by atoms with Crippen LogP contribution in [0.25, 0.3) is 22.0 Å². The van der Waals surface area contributed by atoms with Crippen LogP contribution in [0, 0.1) is 0 Å². The van der Waals surface area contributed by atoms with Crippen LogP contribution in [-0.2, 0) is 10.0 Å². The number of hydrogen-bond donors (Lipinski definition) is 3. The topological polar surface area (TPSA) is 162 Å². The number of nitrogens with one attached hydrogen (secondary N) is 2. The summed E-state index contributed by atoms with van der Waals surface area (Å²) in [5.74, 6) is -0.519. The van der Waals surface area contributed by atoms with Crippen LogP contribution < -0.4 is 24.2 Å². The zero-order valence-corrected chi connectivity index (χ0v) is 24.4. The molecule has 5 rings (SSSR count). The molecule has 220 valence electrons. The number of carboxylic acids is 1. The minimum Gasteiger partial charge on any atom is -0.491 e. The van der Waals surface area contributed by atoms with Crippen molar-refractivity contribution in [2.75, 3.05) is 19.5 Å². The Bertz CT molecular complexity index is 1760. The van der Waals surface area contributed by atoms with E-state index in [0.29, 0.717) is 39.3 Å². The monoisotopic (exact) mass is 593 g/mol. The fraction of sp³-hybridized carbons (Fsp3) is 0.310. The highest BCUT2D eigenvalue weighted by atomic mass is 32.2. The van der Waals surface area contributed by atoms with Gasteiger partial charge in [0, 0.05) is 35.6 Å². The van der Waals surface area contributed by atoms with E-state index >= 15 is 0 Å². The Hall–Kier alpha value is -4.49. The molecule has 12 nitrogen and oxygen atoms in total. The lowest BCUT2D eigenvalue weighted by molar-refractivity contribution is 0.0696. The Morgan fingerprint density at radius 3 is 2.48 bits per heavy atom. The van der Waals surface area contributed by atoms with Gasteiger partial charge in [-0.1, -0.05) is 18.6 Å². The molecule has 0 saturated heterocycles. The maximum Gasteiger partial charge on any atom is 0.335 e. The summed E-state index contributed by atoms with van der Waals surface area (Å²) in [5.41, 5.74) is 2.32. The molecule has 1 aliphatic rings. The molecule has 42 heavy (non-hydrogen) atoms. The summed E-state index contributed by atoms with van der Waals surface area (Å²) in [4.78, 5) is 24.7. The van der Waals surface area contributed by atoms with Crippen LogP contribution in [0.15, 0.2) is 53.7 Å². The first-order valence-electron chi connectivity index (χ1n) is 13.3. The maximum atomic E-state index is 13.6. The number of rotatable bonds is 11. The standard InChI is InChI=1S/C29H31N5O7S/c1-16(2)41-21-11-18(28(35)36)10-20(13-21)32-26-22-9-8-17(23-14-31-29(40-4)33-27(23)39-3)12-24(22)30-15-25(26)42(37,38)34-19-6-5-7-19/h8-16,19,34H,5-7H2,1-4H3,(H,30,32)(H,35,36). The van der Waals surface area contributed by atoms with E-state index in [9.17, 15) is 18.3 Å². The number of aromatic carboxylic acids is 1. The minimum atomic E-state index is -3.98. The van der Waals surface area contributed by atoms with Crippen LogP contribution in [0.1, 0.15) is 43.5 Å². The van der Waals surface area contributed by atoms with Crippen molar-refractivity contribution in [3.63, 3.8) is 0 Å². The molecule has 0 unspecified atom stereocenters. The van der Waals surface area contributed by atoms with Gasteiger partial charge in [-0.3, -0.25) is 4.98 Å². The van der Waals surface area contributed by atoms with Crippen molar-refractivity contribution in [3.05, 3.63) is 54.4 Å². The predicted molar refractivity (Wildman–Crippen MR) is 156 cm³/mol. The van der Waals surface area contributed by atoms with Crippen LogP contribution in [0.4, 0.5) is 11.4 Å². The molecule has 13 heteroatoms. The van der Waals surface area contributed by atoms with Gasteiger partial charge in [-0.2, -0.15) is 4.98 Å². The maximum absolute atomic E-state index is 13.6. The minimum absolute atomic E-state index is 0.0140. The second kappa shape index (κ2) is 11.8. The van der Waals surface area contributed by atoms with E-state index in [1.54, 1.807) is 30.5 Å². The van der Waals surface area contributed by atoms with Gasteiger partial charge in [-0.05, 0) is 50.5 Å². The first-order valence-corrected chi connectivity index (χ1v) is 14.8. The molecule has 2 heterocycles. The molecule has 1 fully saturated rings. The largest absolute Gasteiger partial charge is 0.491 e. The third-order valence-electron chi connectivity index (χ3n) is 6.76. The summed E-state index contributed by atoms with van der Waals surface area (Å²) in [6, 6.07) is 9.76. The van der Waals surface area contributed by atoms with E-state index < -0.39 is 16.0 Å². The Morgan fingerprint density at radius 2 is 1.83 bits per heavy atom. The van der Waals surface area contributed by atoms with Gasteiger partial charge in [0.1, 0.15) is 10.6 Å². The Labute approximate surface area is 243 Å². The lowest BCUT2D eigenvalue weighted by Gasteiger charge is -2.26. The number of aromatic nitrogens is 3. The van der Waals surface area contributed by atoms with Crippen molar-refractivity contribution in [1.29, 1.82) is 0 Å². The SMILES string of the molecule is COc1ncc(-c2ccc3c(Nc4cc(OC(C)C)cc(C(=O)O)c4)c(S(=O)(=O)NC4CCC4)cnc3c2)c(OC)n1. The molecule has 4 aromatic rings. The van der Waals surface area contributed by atoms with Gasteiger partial charge in [0.05, 0.1) is 42.7 Å². The number of sulfonamides is 1. The van der Waals surface area contributed by atoms with E-state index in [4.69, 9.17) is 14.2 Å². The summed E-state index contributed by atoms with van der Waals surface area (Å²) in [7, 11) is -1.03. The van der Waals surface area contributed by atoms with Gasteiger partial charge in [0.25, 0.3) is 0 Å². The van der Waals surface area contributed by atoms with Gasteiger partial charge < -0.3 is 24.6 Å². The first-order chi connectivity index (χ1) is 20.1. The van der Waals surface area contributed by atoms with Crippen molar-refractivity contribution in [1.82, 2.24) is 19.7 Å². The normalized spacial score (nSPS) is 13.5. The lowest BCUT2D eigenvalue weighted by atomic mass is 9.94. The molecule has 1 saturated carbocycles. The molecule has 1 aliphatic carbocycles. The number of benzene rings is 2. The Morgan fingerprint density at radius 1 is 1.05 bits per heavy atom. The zero-order chi connectivity index (χ0) is 30.0. The molecule has 0 amide bonds. The number of anilines is 2. The van der Waals surface area contributed by atoms with Crippen molar-refractivity contribution in [3.8, 4) is 28.8 Å². The molecule has 2 aromatic carbocycles. The van der Waals surface area contributed by atoms with Crippen LogP contribution in [-0.4, -0.2) is 60.8 Å². The second-order valence-corrected chi connectivity index (χ2v) is 11.8. The van der Waals surface area contributed by atoms with Crippen molar-refractivity contribution in [2.24, 2.45) is 0 Å². The molecule has 0 spiro atoms. The number of hydrogen-bond acceptors (Lipinski definition) is 10. The van der Waals surface area contributed by atoms with E-state index in [0.717, 1.165) is 19.3 Å². The highest BCUT2D eigenvalue weighted by molar-refractivity contribution is 7.89. The first kappa shape index (κ1) is 29.0. The second-order valence-electron chi connectivity index (χ2n) is 10.1. The van der Waals surface area contributed by atoms with Crippen molar-refractivity contribution < 1.29 is 32.5 Å². The average Bonchev–Trinajstić information content (AvgIpc) is 2.94. The lowest BCUT2D eigenvalue weighted by Crippen LogP contribution is -2.39. The number of carboxylic acid groups (broad SMARTS) is 1. The summed E-state index contributed by atoms with van der Waals surface area (Å²) >= 11 is 0. The van der Waals surface area contributed by atoms with E-state index in [1.165, 1.54) is 32.5 Å². The summed E-state index contributed by atoms with van der Waals surface area (Å²) in [5, 5.41) is 13.4. The Balaban J connectivity index is 1.66. The van der Waals surface area contributed by atoms with E-state index in [-0.39, 0.29) is 34.3 Å². The van der Waals surface area contributed by atoms with Gasteiger partial charge in [0.2, 0.25) is 15.9 Å². The van der Waals surface area contributed by atoms with Crippen LogP contribution in [0.5, 0.6) is 17.6 Å². The zero-order valence-electron chi connectivity index (χ0n) is 23.5. The fourth-order valence-corrected chi connectivity index (χ4v) is 5.99. The Kier molecular flexibility index (Phi) is 8.14. The van der Waals surface area contributed by atoms with Gasteiger partial charge in [-0.25, -0.2) is 22.9 Å². The van der Waals surface area contributed by atoms with E-state index in [1.807, 2.05) is 13.8 Å². The number of nitrogens with zero attached hydrogens (tertiary/aromatic N) is 3. The molecule has 3 N–H and O–H groups in total. The fourth-order valence-electron chi connectivity index (χ4n) is 4.57. The van der Waals surface area contributed by atoms with Gasteiger partial charge >= 0.3 is 12.0 Å². The highest BCUT2D eigenvalue weighted by Gasteiger charge is 2.28. The summed E-state index contributed by atoms with van der Waals surface area (Å²) < 4.78 is 46.2. The molecule has 2 aromatic heterocycles. The predicted octanol–water partition coefficient (Wildman–Crippen LogP) is 4.77. The molecule has 0 aliphatic heterocycles. The van der Waals surface area contributed by atoms with Gasteiger partial charge in [-0.15, -0.1) is 0 Å². The number of methoxy groups -OCH3 is 2. The highest BCUT2D eigenvalue weighted by Crippen LogP contribution is 2.37. The van der Waals surface area contributed by atoms with Crippen molar-refractivity contribution >= 4 is 38.3 Å². The van der Waals surface area contributed by atoms with Gasteiger partial charge in [0.15, 0.2) is 0 Å². The molecule has 0 atom stereocenters. The third kappa shape index (κ3) is 6.06. The summed E-state index contributed by atoms with van der Waals surface area (Å²) in [6.45, 7) is 3.66. The quantitative estimate of drug-likeness (QED) is 0.220. The molecule has 0 radical (unpaired) electrons. The number of fused-ring (bicyclic) bond motifs is 1. The van der Waals surface area contributed by atoms with Crippen LogP contribution >= 0.6 is 0 Å². The van der Waals surface area contributed by atoms with Crippen LogP contribution in [0.3, 0.4) is 0 Å². The third-order valence-corrected chi connectivity index (χ3v) is 8.30. The van der Waals surface area contributed by atoms with E-state index in [2.05, 4.69) is 25.0 Å². The van der Waals surface area contributed by atoms with Crippen LogP contribution in [0.2, 0.25) is 0 Å². The average molecular weight is 594 g/mol. The van der Waals surface area contributed by atoms with Crippen molar-refractivity contribution in [2.45, 2.75) is 50.2 Å². The number of ether oxygens (including phenoxy) is 3.